The second-order valence-electron chi connectivity index (χ2n) is 3.94. The van der Waals surface area contributed by atoms with Crippen molar-refractivity contribution in [3.8, 4) is 0 Å². The van der Waals surface area contributed by atoms with E-state index in [0.29, 0.717) is 16.7 Å². The van der Waals surface area contributed by atoms with E-state index >= 15 is 0 Å². The van der Waals surface area contributed by atoms with Gasteiger partial charge in [0.1, 0.15) is 23.8 Å². The maximum atomic E-state index is 13.6. The van der Waals surface area contributed by atoms with Crippen molar-refractivity contribution in [3.05, 3.63) is 41.4 Å². The Morgan fingerprint density at radius 2 is 2.05 bits per heavy atom. The fourth-order valence-corrected chi connectivity index (χ4v) is 1.73. The van der Waals surface area contributed by atoms with Crippen LogP contribution in [0.2, 0.25) is 5.02 Å². The number of nitrogens with one attached hydrogen (secondary N) is 2. The van der Waals surface area contributed by atoms with Gasteiger partial charge in [-0.25, -0.2) is 14.4 Å². The lowest BCUT2D eigenvalue weighted by molar-refractivity contribution is 0.632. The van der Waals surface area contributed by atoms with Crippen molar-refractivity contribution >= 4 is 28.9 Å². The fraction of sp³-hybridized carbons (Fsp3) is 0.231. The molecule has 0 saturated carbocycles. The van der Waals surface area contributed by atoms with Gasteiger partial charge in [-0.05, 0) is 18.6 Å². The highest BCUT2D eigenvalue weighted by Gasteiger charge is 2.08. The summed E-state index contributed by atoms with van der Waals surface area (Å²) in [5, 5.41) is 6.30. The zero-order valence-corrected chi connectivity index (χ0v) is 11.2. The highest BCUT2D eigenvalue weighted by Crippen LogP contribution is 2.27. The Morgan fingerprint density at radius 1 is 1.26 bits per heavy atom. The van der Waals surface area contributed by atoms with Crippen molar-refractivity contribution in [2.24, 2.45) is 0 Å². The third-order valence-electron chi connectivity index (χ3n) is 2.44. The summed E-state index contributed by atoms with van der Waals surface area (Å²) >= 11 is 5.94. The smallest absolute Gasteiger partial charge is 0.148 e. The largest absolute Gasteiger partial charge is 0.370 e. The van der Waals surface area contributed by atoms with Gasteiger partial charge in [-0.2, -0.15) is 0 Å². The van der Waals surface area contributed by atoms with Crippen LogP contribution in [0.15, 0.2) is 30.6 Å². The summed E-state index contributed by atoms with van der Waals surface area (Å²) in [6.45, 7) is 2.88. The number of hydrogen-bond acceptors (Lipinski definition) is 4. The van der Waals surface area contributed by atoms with Crippen molar-refractivity contribution in [2.75, 3.05) is 17.2 Å². The number of aromatic nitrogens is 2. The van der Waals surface area contributed by atoms with Gasteiger partial charge in [-0.1, -0.05) is 24.6 Å². The van der Waals surface area contributed by atoms with E-state index < -0.39 is 5.82 Å². The minimum absolute atomic E-state index is 0.212. The summed E-state index contributed by atoms with van der Waals surface area (Å²) in [6, 6.07) is 6.21. The molecule has 4 nitrogen and oxygen atoms in total. The first-order valence-corrected chi connectivity index (χ1v) is 6.35. The van der Waals surface area contributed by atoms with E-state index in [2.05, 4.69) is 27.5 Å². The molecule has 0 radical (unpaired) electrons. The molecule has 0 bridgehead atoms. The number of benzene rings is 1. The maximum Gasteiger partial charge on any atom is 0.148 e. The third-order valence-corrected chi connectivity index (χ3v) is 2.75. The van der Waals surface area contributed by atoms with Gasteiger partial charge in [-0.15, -0.1) is 0 Å². The third kappa shape index (κ3) is 3.54. The molecule has 0 aliphatic carbocycles. The van der Waals surface area contributed by atoms with Crippen LogP contribution in [0.5, 0.6) is 0 Å². The van der Waals surface area contributed by atoms with E-state index in [1.807, 2.05) is 0 Å². The molecular formula is C13H14ClFN4. The molecule has 0 spiro atoms. The molecule has 2 aromatic rings. The number of halogens is 2. The van der Waals surface area contributed by atoms with E-state index in [0.717, 1.165) is 13.0 Å². The van der Waals surface area contributed by atoms with Crippen LogP contribution in [0.3, 0.4) is 0 Å². The Balaban J connectivity index is 2.19. The first kappa shape index (κ1) is 13.5. The molecule has 0 saturated heterocycles. The molecule has 2 N–H and O–H groups in total. The lowest BCUT2D eigenvalue weighted by atomic mass is 10.3. The number of nitrogens with zero attached hydrogens (tertiary/aromatic N) is 2. The highest BCUT2D eigenvalue weighted by molar-refractivity contribution is 6.33. The molecule has 1 heterocycles. The molecule has 6 heteroatoms. The molecule has 0 unspecified atom stereocenters. The summed E-state index contributed by atoms with van der Waals surface area (Å²) in [7, 11) is 0. The lowest BCUT2D eigenvalue weighted by Gasteiger charge is -2.10. The van der Waals surface area contributed by atoms with Crippen molar-refractivity contribution < 1.29 is 4.39 Å². The Labute approximate surface area is 116 Å². The van der Waals surface area contributed by atoms with Gasteiger partial charge in [0.2, 0.25) is 0 Å². The minimum Gasteiger partial charge on any atom is -0.370 e. The van der Waals surface area contributed by atoms with Crippen LogP contribution >= 0.6 is 11.6 Å². The predicted molar refractivity (Wildman–Crippen MR) is 75.5 cm³/mol. The molecule has 1 aromatic carbocycles. The SMILES string of the molecule is CCCNc1cc(Nc2c(F)cccc2Cl)ncn1. The number of anilines is 3. The molecule has 2 rings (SSSR count). The normalized spacial score (nSPS) is 10.3. The van der Waals surface area contributed by atoms with E-state index in [9.17, 15) is 4.39 Å². The second kappa shape index (κ2) is 6.33. The number of rotatable bonds is 5. The van der Waals surface area contributed by atoms with Gasteiger partial charge in [0.15, 0.2) is 0 Å². The summed E-state index contributed by atoms with van der Waals surface area (Å²) in [6.07, 6.45) is 2.40. The first-order chi connectivity index (χ1) is 9.20. The lowest BCUT2D eigenvalue weighted by Crippen LogP contribution is -2.04. The summed E-state index contributed by atoms with van der Waals surface area (Å²) in [4.78, 5) is 8.11. The zero-order chi connectivity index (χ0) is 13.7. The van der Waals surface area contributed by atoms with Crippen LogP contribution in [-0.4, -0.2) is 16.5 Å². The molecule has 0 fully saturated rings. The first-order valence-electron chi connectivity index (χ1n) is 5.97. The van der Waals surface area contributed by atoms with Crippen molar-refractivity contribution in [1.29, 1.82) is 0 Å². The average molecular weight is 281 g/mol. The molecule has 0 amide bonds. The molecule has 0 atom stereocenters. The average Bonchev–Trinajstić information content (AvgIpc) is 2.41. The summed E-state index contributed by atoms with van der Waals surface area (Å²) in [5.41, 5.74) is 0.212. The summed E-state index contributed by atoms with van der Waals surface area (Å²) in [5.74, 6) is 0.751. The Hall–Kier alpha value is -1.88. The number of hydrogen-bond donors (Lipinski definition) is 2. The van der Waals surface area contributed by atoms with Crippen LogP contribution in [0.1, 0.15) is 13.3 Å². The Morgan fingerprint density at radius 3 is 2.79 bits per heavy atom. The van der Waals surface area contributed by atoms with E-state index in [4.69, 9.17) is 11.6 Å². The quantitative estimate of drug-likeness (QED) is 0.874. The Bertz CT molecular complexity index is 542. The van der Waals surface area contributed by atoms with Crippen LogP contribution in [-0.2, 0) is 0 Å². The van der Waals surface area contributed by atoms with Gasteiger partial charge in [0.05, 0.1) is 10.7 Å². The van der Waals surface area contributed by atoms with E-state index in [1.165, 1.54) is 12.4 Å². The van der Waals surface area contributed by atoms with Gasteiger partial charge >= 0.3 is 0 Å². The zero-order valence-electron chi connectivity index (χ0n) is 10.5. The highest BCUT2D eigenvalue weighted by atomic mass is 35.5. The van der Waals surface area contributed by atoms with Crippen LogP contribution in [0, 0.1) is 5.82 Å². The van der Waals surface area contributed by atoms with Crippen molar-refractivity contribution in [1.82, 2.24) is 9.97 Å². The molecule has 1 aromatic heterocycles. The topological polar surface area (TPSA) is 49.8 Å². The maximum absolute atomic E-state index is 13.6. The monoisotopic (exact) mass is 280 g/mol. The molecule has 19 heavy (non-hydrogen) atoms. The molecular weight excluding hydrogens is 267 g/mol. The Kier molecular flexibility index (Phi) is 4.52. The molecule has 100 valence electrons. The van der Waals surface area contributed by atoms with Crippen molar-refractivity contribution in [3.63, 3.8) is 0 Å². The van der Waals surface area contributed by atoms with Gasteiger partial charge in [0, 0.05) is 12.6 Å². The van der Waals surface area contributed by atoms with E-state index in [1.54, 1.807) is 18.2 Å². The van der Waals surface area contributed by atoms with E-state index in [-0.39, 0.29) is 5.69 Å². The van der Waals surface area contributed by atoms with Gasteiger partial charge < -0.3 is 10.6 Å². The second-order valence-corrected chi connectivity index (χ2v) is 4.34. The molecule has 0 aliphatic rings. The van der Waals surface area contributed by atoms with Gasteiger partial charge in [-0.3, -0.25) is 0 Å². The minimum atomic E-state index is -0.422. The summed E-state index contributed by atoms with van der Waals surface area (Å²) < 4.78 is 13.6. The fourth-order valence-electron chi connectivity index (χ4n) is 1.52. The number of para-hydroxylation sites is 1. The standard InChI is InChI=1S/C13H14ClFN4/c1-2-6-16-11-7-12(18-8-17-11)19-13-9(14)4-3-5-10(13)15/h3-5,7-8H,2,6H2,1H3,(H2,16,17,18,19). The van der Waals surface area contributed by atoms with Crippen LogP contribution in [0.25, 0.3) is 0 Å². The molecule has 0 aliphatic heterocycles. The van der Waals surface area contributed by atoms with Crippen LogP contribution < -0.4 is 10.6 Å². The van der Waals surface area contributed by atoms with Crippen LogP contribution in [0.4, 0.5) is 21.7 Å². The van der Waals surface area contributed by atoms with Crippen molar-refractivity contribution in [2.45, 2.75) is 13.3 Å². The van der Waals surface area contributed by atoms with Gasteiger partial charge in [0.25, 0.3) is 0 Å². The predicted octanol–water partition coefficient (Wildman–Crippen LogP) is 3.83.